The van der Waals surface area contributed by atoms with Gasteiger partial charge in [0, 0.05) is 31.7 Å². The van der Waals surface area contributed by atoms with E-state index in [4.69, 9.17) is 4.74 Å². The van der Waals surface area contributed by atoms with Gasteiger partial charge < -0.3 is 15.4 Å². The molecule has 0 spiro atoms. The summed E-state index contributed by atoms with van der Waals surface area (Å²) >= 11 is 0. The number of carbonyl (C=O) groups excluding carboxylic acids is 1. The number of rotatable bonds is 7. The van der Waals surface area contributed by atoms with Crippen LogP contribution in [-0.4, -0.2) is 37.7 Å². The zero-order valence-electron chi connectivity index (χ0n) is 19.0. The van der Waals surface area contributed by atoms with Crippen LogP contribution in [0.15, 0.2) is 54.9 Å². The van der Waals surface area contributed by atoms with E-state index in [1.165, 1.54) is 0 Å². The highest BCUT2D eigenvalue weighted by Crippen LogP contribution is 2.32. The largest absolute Gasteiger partial charge is 0.438 e. The van der Waals surface area contributed by atoms with Crippen molar-refractivity contribution in [3.8, 4) is 22.9 Å². The Morgan fingerprint density at radius 2 is 1.94 bits per heavy atom. The number of nitrogens with one attached hydrogen (secondary N) is 2. The molecule has 0 aliphatic rings. The van der Waals surface area contributed by atoms with Crippen molar-refractivity contribution in [2.24, 2.45) is 0 Å². The minimum atomic E-state index is -0.207. The van der Waals surface area contributed by atoms with Crippen molar-refractivity contribution >= 4 is 17.5 Å². The highest BCUT2D eigenvalue weighted by atomic mass is 16.5. The molecule has 33 heavy (non-hydrogen) atoms. The van der Waals surface area contributed by atoms with E-state index in [-0.39, 0.29) is 5.91 Å². The molecule has 0 saturated carbocycles. The van der Waals surface area contributed by atoms with Gasteiger partial charge in [0.2, 0.25) is 11.8 Å². The summed E-state index contributed by atoms with van der Waals surface area (Å²) in [6.07, 6.45) is 3.35. The molecule has 0 saturated heterocycles. The second-order valence-electron chi connectivity index (χ2n) is 7.39. The minimum Gasteiger partial charge on any atom is -0.438 e. The molecule has 4 aromatic rings. The number of ether oxygens (including phenoxy) is 1. The summed E-state index contributed by atoms with van der Waals surface area (Å²) in [6, 6.07) is 12.8. The van der Waals surface area contributed by atoms with Gasteiger partial charge >= 0.3 is 0 Å². The maximum atomic E-state index is 12.7. The first-order valence-electron chi connectivity index (χ1n) is 10.6. The SMILES string of the molecule is CCn1nc(C)cc1C(=O)Nc1ccc(Oc2ncccc2-c2ccnc(NC)n2)c(C)c1. The average molecular weight is 444 g/mol. The topological polar surface area (TPSA) is 107 Å². The van der Waals surface area contributed by atoms with Crippen LogP contribution >= 0.6 is 0 Å². The zero-order chi connectivity index (χ0) is 23.4. The van der Waals surface area contributed by atoms with E-state index in [9.17, 15) is 4.79 Å². The van der Waals surface area contributed by atoms with Crippen molar-refractivity contribution in [2.75, 3.05) is 17.7 Å². The molecule has 0 fully saturated rings. The number of carbonyl (C=O) groups is 1. The van der Waals surface area contributed by atoms with Crippen LogP contribution in [0, 0.1) is 13.8 Å². The van der Waals surface area contributed by atoms with Crippen LogP contribution in [-0.2, 0) is 6.54 Å². The molecule has 3 aromatic heterocycles. The summed E-state index contributed by atoms with van der Waals surface area (Å²) in [5, 5.41) is 10.2. The first-order valence-corrected chi connectivity index (χ1v) is 10.6. The summed E-state index contributed by atoms with van der Waals surface area (Å²) in [6.45, 7) is 6.35. The lowest BCUT2D eigenvalue weighted by Crippen LogP contribution is -2.17. The van der Waals surface area contributed by atoms with Gasteiger partial charge in [0.05, 0.1) is 17.0 Å². The molecule has 1 aromatic carbocycles. The predicted molar refractivity (Wildman–Crippen MR) is 127 cm³/mol. The van der Waals surface area contributed by atoms with Crippen LogP contribution < -0.4 is 15.4 Å². The Hall–Kier alpha value is -4.27. The number of nitrogens with zero attached hydrogens (tertiary/aromatic N) is 5. The lowest BCUT2D eigenvalue weighted by Gasteiger charge is -2.13. The van der Waals surface area contributed by atoms with E-state index < -0.39 is 0 Å². The third-order valence-corrected chi connectivity index (χ3v) is 5.00. The Kier molecular flexibility index (Phi) is 6.30. The molecular formula is C24H25N7O2. The predicted octanol–water partition coefficient (Wildman–Crippen LogP) is 4.46. The first kappa shape index (κ1) is 21.9. The Bertz CT molecular complexity index is 1300. The molecule has 0 unspecified atom stereocenters. The van der Waals surface area contributed by atoms with Crippen LogP contribution in [0.5, 0.6) is 11.6 Å². The smallest absolute Gasteiger partial charge is 0.273 e. The molecule has 0 radical (unpaired) electrons. The number of hydrogen-bond acceptors (Lipinski definition) is 7. The van der Waals surface area contributed by atoms with E-state index in [0.717, 1.165) is 16.8 Å². The molecule has 0 aliphatic carbocycles. The third-order valence-electron chi connectivity index (χ3n) is 5.00. The third kappa shape index (κ3) is 4.82. The fourth-order valence-corrected chi connectivity index (χ4v) is 3.41. The Morgan fingerprint density at radius 3 is 2.70 bits per heavy atom. The second-order valence-corrected chi connectivity index (χ2v) is 7.39. The second kappa shape index (κ2) is 9.47. The normalized spacial score (nSPS) is 10.7. The molecule has 168 valence electrons. The van der Waals surface area contributed by atoms with Gasteiger partial charge in [-0.1, -0.05) is 0 Å². The van der Waals surface area contributed by atoms with Crippen LogP contribution in [0.4, 0.5) is 11.6 Å². The van der Waals surface area contributed by atoms with Crippen LogP contribution in [0.2, 0.25) is 0 Å². The molecule has 0 bridgehead atoms. The van der Waals surface area contributed by atoms with Gasteiger partial charge in [0.15, 0.2) is 0 Å². The Labute approximate surface area is 191 Å². The maximum absolute atomic E-state index is 12.7. The van der Waals surface area contributed by atoms with E-state index in [1.54, 1.807) is 42.3 Å². The molecule has 9 heteroatoms. The summed E-state index contributed by atoms with van der Waals surface area (Å²) in [7, 11) is 1.76. The average Bonchev–Trinajstić information content (AvgIpc) is 3.22. The van der Waals surface area contributed by atoms with E-state index in [1.807, 2.05) is 45.0 Å². The number of amides is 1. The standard InChI is InChI=1S/C24H25N7O2/c1-5-31-20(14-16(3)30-31)22(32)28-17-8-9-21(15(2)13-17)33-23-18(7-6-11-26-23)19-10-12-27-24(25-4)29-19/h6-14H,5H2,1-4H3,(H,28,32)(H,25,27,29). The summed E-state index contributed by atoms with van der Waals surface area (Å²) in [4.78, 5) is 25.8. The Balaban J connectivity index is 1.56. The lowest BCUT2D eigenvalue weighted by molar-refractivity contribution is 0.101. The van der Waals surface area contributed by atoms with Crippen molar-refractivity contribution in [2.45, 2.75) is 27.3 Å². The number of anilines is 2. The molecule has 9 nitrogen and oxygen atoms in total. The summed E-state index contributed by atoms with van der Waals surface area (Å²) in [5.41, 5.74) is 4.29. The van der Waals surface area contributed by atoms with E-state index in [0.29, 0.717) is 41.2 Å². The maximum Gasteiger partial charge on any atom is 0.273 e. The van der Waals surface area contributed by atoms with Crippen molar-refractivity contribution in [1.29, 1.82) is 0 Å². The van der Waals surface area contributed by atoms with Crippen LogP contribution in [0.25, 0.3) is 11.3 Å². The highest BCUT2D eigenvalue weighted by Gasteiger charge is 2.15. The van der Waals surface area contributed by atoms with Gasteiger partial charge in [-0.15, -0.1) is 0 Å². The first-order chi connectivity index (χ1) is 16.0. The van der Waals surface area contributed by atoms with Crippen molar-refractivity contribution < 1.29 is 9.53 Å². The molecule has 1 amide bonds. The fraction of sp³-hybridized carbons (Fsp3) is 0.208. The van der Waals surface area contributed by atoms with Crippen LogP contribution in [0.1, 0.15) is 28.7 Å². The Morgan fingerprint density at radius 1 is 1.09 bits per heavy atom. The molecule has 0 aliphatic heterocycles. The van der Waals surface area contributed by atoms with Gasteiger partial charge in [0.25, 0.3) is 5.91 Å². The molecule has 2 N–H and O–H groups in total. The van der Waals surface area contributed by atoms with Crippen molar-refractivity contribution in [3.05, 3.63) is 71.8 Å². The van der Waals surface area contributed by atoms with Crippen molar-refractivity contribution in [3.63, 3.8) is 0 Å². The van der Waals surface area contributed by atoms with Crippen molar-refractivity contribution in [1.82, 2.24) is 24.7 Å². The monoisotopic (exact) mass is 443 g/mol. The van der Waals surface area contributed by atoms with E-state index in [2.05, 4.69) is 30.7 Å². The number of aromatic nitrogens is 5. The molecular weight excluding hydrogens is 418 g/mol. The number of hydrogen-bond donors (Lipinski definition) is 2. The van der Waals surface area contributed by atoms with Gasteiger partial charge in [-0.3, -0.25) is 9.48 Å². The van der Waals surface area contributed by atoms with Gasteiger partial charge in [-0.25, -0.2) is 15.0 Å². The molecule has 3 heterocycles. The van der Waals surface area contributed by atoms with Gasteiger partial charge in [-0.05, 0) is 68.8 Å². The summed E-state index contributed by atoms with van der Waals surface area (Å²) in [5.74, 6) is 1.37. The van der Waals surface area contributed by atoms with Gasteiger partial charge in [-0.2, -0.15) is 5.10 Å². The van der Waals surface area contributed by atoms with E-state index >= 15 is 0 Å². The quantitative estimate of drug-likeness (QED) is 0.434. The highest BCUT2D eigenvalue weighted by molar-refractivity contribution is 6.03. The molecule has 0 atom stereocenters. The van der Waals surface area contributed by atoms with Gasteiger partial charge in [0.1, 0.15) is 11.4 Å². The summed E-state index contributed by atoms with van der Waals surface area (Å²) < 4.78 is 7.82. The fourth-order valence-electron chi connectivity index (χ4n) is 3.41. The zero-order valence-corrected chi connectivity index (χ0v) is 19.0. The number of aryl methyl sites for hydroxylation is 3. The molecule has 4 rings (SSSR count). The van der Waals surface area contributed by atoms with Crippen LogP contribution in [0.3, 0.4) is 0 Å². The lowest BCUT2D eigenvalue weighted by atomic mass is 10.1. The minimum absolute atomic E-state index is 0.207. The number of pyridine rings is 1. The number of benzene rings is 1.